The van der Waals surface area contributed by atoms with E-state index < -0.39 is 11.8 Å². The molecule has 2 aliphatic rings. The fourth-order valence-corrected chi connectivity index (χ4v) is 3.62. The lowest BCUT2D eigenvalue weighted by Gasteiger charge is -2.35. The maximum Gasteiger partial charge on any atom is 0.262 e. The van der Waals surface area contributed by atoms with Crippen molar-refractivity contribution in [2.45, 2.75) is 46.4 Å². The molecule has 2 saturated heterocycles. The number of carbonyl (C=O) groups is 2. The lowest BCUT2D eigenvalue weighted by atomic mass is 9.92. The second kappa shape index (κ2) is 7.00. The molecule has 0 aliphatic carbocycles. The normalized spacial score (nSPS) is 27.0. The van der Waals surface area contributed by atoms with Crippen LogP contribution in [0, 0.1) is 5.41 Å². The van der Waals surface area contributed by atoms with Crippen LogP contribution in [-0.4, -0.2) is 48.1 Å². The van der Waals surface area contributed by atoms with Crippen LogP contribution < -0.4 is 10.1 Å². The van der Waals surface area contributed by atoms with Gasteiger partial charge in [0.1, 0.15) is 29.7 Å². The van der Waals surface area contributed by atoms with Gasteiger partial charge >= 0.3 is 0 Å². The highest BCUT2D eigenvalue weighted by Gasteiger charge is 2.62. The molecule has 0 saturated carbocycles. The Labute approximate surface area is 160 Å². The van der Waals surface area contributed by atoms with Gasteiger partial charge in [-0.05, 0) is 26.0 Å². The maximum atomic E-state index is 13.1. The van der Waals surface area contributed by atoms with E-state index in [-0.39, 0.29) is 29.3 Å². The fourth-order valence-electron chi connectivity index (χ4n) is 3.62. The Kier molecular flexibility index (Phi) is 5.04. The Morgan fingerprint density at radius 2 is 1.96 bits per heavy atom. The molecule has 0 spiro atoms. The molecular weight excluding hydrogens is 344 g/mol. The first-order valence-electron chi connectivity index (χ1n) is 9.29. The summed E-state index contributed by atoms with van der Waals surface area (Å²) in [5.41, 5.74) is -0.373. The second-order valence-corrected chi connectivity index (χ2v) is 8.40. The lowest BCUT2D eigenvalue weighted by Crippen LogP contribution is -2.50. The molecule has 0 unspecified atom stereocenters. The van der Waals surface area contributed by atoms with Crippen molar-refractivity contribution in [3.63, 3.8) is 0 Å². The standard InChI is InChI=1S/C21H28N2O4/c1-14(22-11-12-26-15-9-7-6-8-10-15)16-17(24)21(5)13-27-19(20(2,3)4)23(21)18(16)25/h6-10,19,22H,11-13H2,1-5H3/b16-14+/t19-,21-/m0/s1. The van der Waals surface area contributed by atoms with Gasteiger partial charge in [0.05, 0.1) is 6.61 Å². The number of carbonyl (C=O) groups excluding carboxylic acids is 2. The summed E-state index contributed by atoms with van der Waals surface area (Å²) in [5, 5.41) is 3.16. The van der Waals surface area contributed by atoms with Gasteiger partial charge in [-0.15, -0.1) is 0 Å². The molecule has 6 nitrogen and oxygen atoms in total. The van der Waals surface area contributed by atoms with Crippen LogP contribution in [0.3, 0.4) is 0 Å². The van der Waals surface area contributed by atoms with Crippen LogP contribution in [0.5, 0.6) is 5.75 Å². The number of para-hydroxylation sites is 1. The fraction of sp³-hybridized carbons (Fsp3) is 0.524. The van der Waals surface area contributed by atoms with Gasteiger partial charge in [-0.2, -0.15) is 0 Å². The summed E-state index contributed by atoms with van der Waals surface area (Å²) in [6.45, 7) is 10.8. The monoisotopic (exact) mass is 372 g/mol. The van der Waals surface area contributed by atoms with Crippen LogP contribution in [-0.2, 0) is 14.3 Å². The van der Waals surface area contributed by atoms with Crippen molar-refractivity contribution in [3.8, 4) is 5.75 Å². The van der Waals surface area contributed by atoms with Crippen LogP contribution in [0.4, 0.5) is 0 Å². The first-order chi connectivity index (χ1) is 12.7. The van der Waals surface area contributed by atoms with Crippen molar-refractivity contribution in [2.24, 2.45) is 5.41 Å². The van der Waals surface area contributed by atoms with Crippen molar-refractivity contribution in [3.05, 3.63) is 41.6 Å². The van der Waals surface area contributed by atoms with Gasteiger partial charge in [0.15, 0.2) is 5.78 Å². The maximum absolute atomic E-state index is 13.1. The highest BCUT2D eigenvalue weighted by molar-refractivity contribution is 6.29. The van der Waals surface area contributed by atoms with Crippen LogP contribution in [0.1, 0.15) is 34.6 Å². The summed E-state index contributed by atoms with van der Waals surface area (Å²) in [6, 6.07) is 9.52. The van der Waals surface area contributed by atoms with Crippen molar-refractivity contribution < 1.29 is 19.1 Å². The number of allylic oxidation sites excluding steroid dienone is 1. The zero-order valence-electron chi connectivity index (χ0n) is 16.7. The van der Waals surface area contributed by atoms with Crippen LogP contribution in [0.15, 0.2) is 41.6 Å². The molecule has 1 amide bonds. The molecule has 6 heteroatoms. The summed E-state index contributed by atoms with van der Waals surface area (Å²) < 4.78 is 11.5. The number of fused-ring (bicyclic) bond motifs is 1. The number of ketones is 1. The van der Waals surface area contributed by atoms with E-state index in [0.29, 0.717) is 18.8 Å². The van der Waals surface area contributed by atoms with Crippen molar-refractivity contribution in [2.75, 3.05) is 19.8 Å². The third kappa shape index (κ3) is 3.46. The molecule has 2 fully saturated rings. The van der Waals surface area contributed by atoms with Crippen molar-refractivity contribution in [1.29, 1.82) is 0 Å². The lowest BCUT2D eigenvalue weighted by molar-refractivity contribution is -0.139. The summed E-state index contributed by atoms with van der Waals surface area (Å²) in [6.07, 6.45) is -0.411. The summed E-state index contributed by atoms with van der Waals surface area (Å²) in [5.74, 6) is 0.359. The minimum Gasteiger partial charge on any atom is -0.492 e. The third-order valence-electron chi connectivity index (χ3n) is 5.06. The van der Waals surface area contributed by atoms with Crippen LogP contribution >= 0.6 is 0 Å². The molecule has 146 valence electrons. The second-order valence-electron chi connectivity index (χ2n) is 8.40. The van der Waals surface area contributed by atoms with E-state index in [9.17, 15) is 9.59 Å². The minimum atomic E-state index is -0.923. The largest absolute Gasteiger partial charge is 0.492 e. The van der Waals surface area contributed by atoms with Gasteiger partial charge in [0.2, 0.25) is 0 Å². The molecule has 1 N–H and O–H groups in total. The van der Waals surface area contributed by atoms with Crippen LogP contribution in [0.25, 0.3) is 0 Å². The molecule has 0 bridgehead atoms. The highest BCUT2D eigenvalue weighted by Crippen LogP contribution is 2.43. The Balaban J connectivity index is 1.70. The molecule has 2 atom stereocenters. The van der Waals surface area contributed by atoms with Gasteiger partial charge in [0.25, 0.3) is 5.91 Å². The molecule has 2 aliphatic heterocycles. The van der Waals surface area contributed by atoms with Gasteiger partial charge in [-0.3, -0.25) is 14.5 Å². The highest BCUT2D eigenvalue weighted by atomic mass is 16.5. The van der Waals surface area contributed by atoms with Gasteiger partial charge < -0.3 is 14.8 Å². The van der Waals surface area contributed by atoms with E-state index in [1.165, 1.54) is 0 Å². The Morgan fingerprint density at radius 1 is 1.30 bits per heavy atom. The number of nitrogens with zero attached hydrogens (tertiary/aromatic N) is 1. The van der Waals surface area contributed by atoms with E-state index in [4.69, 9.17) is 9.47 Å². The minimum absolute atomic E-state index is 0.173. The van der Waals surface area contributed by atoms with Gasteiger partial charge in [-0.1, -0.05) is 39.0 Å². The van der Waals surface area contributed by atoms with Gasteiger partial charge in [0, 0.05) is 17.7 Å². The van der Waals surface area contributed by atoms with E-state index >= 15 is 0 Å². The summed E-state index contributed by atoms with van der Waals surface area (Å²) in [7, 11) is 0. The van der Waals surface area contributed by atoms with E-state index in [1.807, 2.05) is 51.1 Å². The zero-order chi connectivity index (χ0) is 19.8. The number of benzene rings is 1. The first-order valence-corrected chi connectivity index (χ1v) is 9.29. The SMILES string of the molecule is C/C(NCCOc1ccccc1)=C1\C(=O)N2[C@H](C(C)(C)C)OC[C@@]2(C)C1=O. The molecule has 1 aromatic carbocycles. The van der Waals surface area contributed by atoms with Crippen molar-refractivity contribution in [1.82, 2.24) is 10.2 Å². The average molecular weight is 372 g/mol. The molecule has 0 aromatic heterocycles. The number of Topliss-reactive ketones (excluding diaryl/α,β-unsaturated/α-hetero) is 1. The summed E-state index contributed by atoms with van der Waals surface area (Å²) >= 11 is 0. The Hall–Kier alpha value is -2.34. The van der Waals surface area contributed by atoms with Crippen molar-refractivity contribution >= 4 is 11.7 Å². The number of hydrogen-bond acceptors (Lipinski definition) is 5. The van der Waals surface area contributed by atoms with E-state index in [0.717, 1.165) is 5.75 Å². The van der Waals surface area contributed by atoms with Gasteiger partial charge in [-0.25, -0.2) is 0 Å². The predicted octanol–water partition coefficient (Wildman–Crippen LogP) is 2.50. The number of ether oxygens (including phenoxy) is 2. The van der Waals surface area contributed by atoms with E-state index in [2.05, 4.69) is 5.32 Å². The number of amides is 1. The molecular formula is C21H28N2O4. The number of hydrogen-bond donors (Lipinski definition) is 1. The smallest absolute Gasteiger partial charge is 0.262 e. The molecule has 1 aromatic rings. The number of nitrogens with one attached hydrogen (secondary N) is 1. The first kappa shape index (κ1) is 19.4. The average Bonchev–Trinajstić information content (AvgIpc) is 3.06. The van der Waals surface area contributed by atoms with Crippen LogP contribution in [0.2, 0.25) is 0 Å². The molecule has 3 rings (SSSR count). The summed E-state index contributed by atoms with van der Waals surface area (Å²) in [4.78, 5) is 27.7. The molecule has 0 radical (unpaired) electrons. The molecule has 27 heavy (non-hydrogen) atoms. The number of rotatable bonds is 5. The predicted molar refractivity (Wildman–Crippen MR) is 102 cm³/mol. The molecule has 2 heterocycles. The Morgan fingerprint density at radius 3 is 2.59 bits per heavy atom. The van der Waals surface area contributed by atoms with E-state index in [1.54, 1.807) is 18.7 Å². The third-order valence-corrected chi connectivity index (χ3v) is 5.06. The quantitative estimate of drug-likeness (QED) is 0.489. The zero-order valence-corrected chi connectivity index (χ0v) is 16.7. The Bertz CT molecular complexity index is 766. The topological polar surface area (TPSA) is 67.9 Å².